The van der Waals surface area contributed by atoms with Gasteiger partial charge in [-0.25, -0.2) is 13.6 Å². The highest BCUT2D eigenvalue weighted by Gasteiger charge is 2.53. The van der Waals surface area contributed by atoms with E-state index < -0.39 is 55.4 Å². The maximum absolute atomic E-state index is 13.5. The normalized spacial score (nSPS) is 25.0. The fraction of sp³-hybridized carbons (Fsp3) is 0.471. The fourth-order valence-electron chi connectivity index (χ4n) is 2.59. The summed E-state index contributed by atoms with van der Waals surface area (Å²) in [5.41, 5.74) is 0.243. The molecular formula is C17H18F2O7. The average Bonchev–Trinajstić information content (AvgIpc) is 2.89. The van der Waals surface area contributed by atoms with Crippen molar-refractivity contribution in [2.24, 2.45) is 5.92 Å². The third-order valence-corrected chi connectivity index (χ3v) is 3.65. The van der Waals surface area contributed by atoms with Crippen LogP contribution in [0, 0.1) is 5.92 Å². The Morgan fingerprint density at radius 1 is 1.08 bits per heavy atom. The van der Waals surface area contributed by atoms with E-state index in [1.807, 2.05) is 0 Å². The van der Waals surface area contributed by atoms with Crippen molar-refractivity contribution in [3.63, 3.8) is 0 Å². The highest BCUT2D eigenvalue weighted by molar-refractivity contribution is 5.89. The molecule has 1 saturated heterocycles. The lowest BCUT2D eigenvalue weighted by Crippen LogP contribution is -2.39. The summed E-state index contributed by atoms with van der Waals surface area (Å²) < 4.78 is 47.0. The maximum Gasteiger partial charge on any atom is 0.338 e. The van der Waals surface area contributed by atoms with E-state index in [0.717, 1.165) is 13.8 Å². The molecule has 0 amide bonds. The second-order valence-electron chi connectivity index (χ2n) is 5.60. The minimum atomic E-state index is -2.96. The maximum atomic E-state index is 13.5. The van der Waals surface area contributed by atoms with Crippen LogP contribution >= 0.6 is 0 Å². The van der Waals surface area contributed by atoms with Gasteiger partial charge in [0.15, 0.2) is 6.10 Å². The molecule has 2 rings (SSSR count). The number of ether oxygens (including phenoxy) is 4. The number of hydrogen-bond acceptors (Lipinski definition) is 7. The molecule has 0 aromatic heterocycles. The molecule has 0 N–H and O–H groups in total. The Labute approximate surface area is 148 Å². The molecular weight excluding hydrogens is 354 g/mol. The standard InChI is InChI=1S/C17H18F2O7/c1-9(20)24-14-13(15(18)19)12(26-17(14)25-10(2)21)8-23-16(22)11-6-4-3-5-7-11/h3-7,12-15,17H,8H2,1-2H3/t12-,13?,14-,17?/m1/s1. The number of esters is 3. The first-order valence-corrected chi connectivity index (χ1v) is 7.79. The number of carbonyl (C=O) groups is 3. The van der Waals surface area contributed by atoms with Crippen molar-refractivity contribution < 1.29 is 42.1 Å². The molecule has 0 spiro atoms. The first-order chi connectivity index (χ1) is 12.3. The van der Waals surface area contributed by atoms with Gasteiger partial charge in [0.25, 0.3) is 0 Å². The van der Waals surface area contributed by atoms with Crippen LogP contribution in [0.25, 0.3) is 0 Å². The number of alkyl halides is 2. The molecule has 1 aliphatic heterocycles. The van der Waals surface area contributed by atoms with Crippen molar-refractivity contribution in [3.8, 4) is 0 Å². The van der Waals surface area contributed by atoms with E-state index in [0.29, 0.717) is 0 Å². The Balaban J connectivity index is 2.11. The van der Waals surface area contributed by atoms with Gasteiger partial charge in [-0.15, -0.1) is 0 Å². The summed E-state index contributed by atoms with van der Waals surface area (Å²) >= 11 is 0. The zero-order valence-electron chi connectivity index (χ0n) is 14.1. The van der Waals surface area contributed by atoms with Gasteiger partial charge in [0.1, 0.15) is 12.7 Å². The first kappa shape index (κ1) is 19.8. The Morgan fingerprint density at radius 2 is 1.69 bits per heavy atom. The van der Waals surface area contributed by atoms with Crippen LogP contribution in [0.15, 0.2) is 30.3 Å². The second-order valence-corrected chi connectivity index (χ2v) is 5.60. The summed E-state index contributed by atoms with van der Waals surface area (Å²) in [6, 6.07) is 7.96. The predicted octanol–water partition coefficient (Wildman–Crippen LogP) is 1.94. The Kier molecular flexibility index (Phi) is 6.62. The van der Waals surface area contributed by atoms with Gasteiger partial charge in [0.05, 0.1) is 11.5 Å². The predicted molar refractivity (Wildman–Crippen MR) is 82.2 cm³/mol. The van der Waals surface area contributed by atoms with Gasteiger partial charge >= 0.3 is 17.9 Å². The number of hydrogen-bond donors (Lipinski definition) is 0. The molecule has 1 aromatic rings. The van der Waals surface area contributed by atoms with Crippen LogP contribution in [0.2, 0.25) is 0 Å². The topological polar surface area (TPSA) is 88.1 Å². The fourth-order valence-corrected chi connectivity index (χ4v) is 2.59. The summed E-state index contributed by atoms with van der Waals surface area (Å²) in [6.07, 6.45) is -7.27. The average molecular weight is 372 g/mol. The van der Waals surface area contributed by atoms with Crippen LogP contribution in [0.4, 0.5) is 8.78 Å². The number of rotatable bonds is 6. The molecule has 7 nitrogen and oxygen atoms in total. The van der Waals surface area contributed by atoms with E-state index in [2.05, 4.69) is 0 Å². The molecule has 0 saturated carbocycles. The Morgan fingerprint density at radius 3 is 2.23 bits per heavy atom. The zero-order chi connectivity index (χ0) is 19.3. The van der Waals surface area contributed by atoms with Gasteiger partial charge in [0, 0.05) is 13.8 Å². The van der Waals surface area contributed by atoms with Gasteiger partial charge in [-0.1, -0.05) is 18.2 Å². The van der Waals surface area contributed by atoms with Gasteiger partial charge in [-0.3, -0.25) is 9.59 Å². The van der Waals surface area contributed by atoms with Crippen molar-refractivity contribution >= 4 is 17.9 Å². The van der Waals surface area contributed by atoms with Crippen molar-refractivity contribution in [1.29, 1.82) is 0 Å². The SMILES string of the molecule is CC(=O)OC1O[C@H](COC(=O)c2ccccc2)C(C(F)F)[C@H]1OC(C)=O. The van der Waals surface area contributed by atoms with Crippen LogP contribution in [0.3, 0.4) is 0 Å². The van der Waals surface area contributed by atoms with Crippen LogP contribution in [0.1, 0.15) is 24.2 Å². The first-order valence-electron chi connectivity index (χ1n) is 7.79. The monoisotopic (exact) mass is 372 g/mol. The molecule has 1 aromatic carbocycles. The summed E-state index contributed by atoms with van der Waals surface area (Å²) in [6.45, 7) is 1.59. The van der Waals surface area contributed by atoms with Crippen molar-refractivity contribution in [1.82, 2.24) is 0 Å². The minimum Gasteiger partial charge on any atom is -0.459 e. The third-order valence-electron chi connectivity index (χ3n) is 3.65. The molecule has 1 heterocycles. The van der Waals surface area contributed by atoms with Crippen molar-refractivity contribution in [3.05, 3.63) is 35.9 Å². The molecule has 26 heavy (non-hydrogen) atoms. The summed E-state index contributed by atoms with van der Waals surface area (Å²) in [4.78, 5) is 34.3. The van der Waals surface area contributed by atoms with E-state index in [-0.39, 0.29) is 5.56 Å². The van der Waals surface area contributed by atoms with Gasteiger partial charge < -0.3 is 18.9 Å². The third kappa shape index (κ3) is 4.98. The van der Waals surface area contributed by atoms with E-state index in [1.165, 1.54) is 12.1 Å². The van der Waals surface area contributed by atoms with E-state index in [4.69, 9.17) is 18.9 Å². The molecule has 4 atom stereocenters. The van der Waals surface area contributed by atoms with Crippen LogP contribution < -0.4 is 0 Å². The quantitative estimate of drug-likeness (QED) is 0.557. The molecule has 2 unspecified atom stereocenters. The van der Waals surface area contributed by atoms with Crippen molar-refractivity contribution in [2.45, 2.75) is 38.8 Å². The highest BCUT2D eigenvalue weighted by Crippen LogP contribution is 2.35. The molecule has 1 aliphatic rings. The van der Waals surface area contributed by atoms with Crippen LogP contribution in [-0.4, -0.2) is 49.4 Å². The van der Waals surface area contributed by atoms with Gasteiger partial charge in [-0.2, -0.15) is 0 Å². The van der Waals surface area contributed by atoms with Crippen molar-refractivity contribution in [2.75, 3.05) is 6.61 Å². The van der Waals surface area contributed by atoms with Gasteiger partial charge in [-0.05, 0) is 12.1 Å². The summed E-state index contributed by atoms with van der Waals surface area (Å²) in [5, 5.41) is 0. The van der Waals surface area contributed by atoms with E-state index in [9.17, 15) is 23.2 Å². The second kappa shape index (κ2) is 8.70. The molecule has 0 radical (unpaired) electrons. The Hall–Kier alpha value is -2.55. The summed E-state index contributed by atoms with van der Waals surface area (Å²) in [5.74, 6) is -3.96. The lowest BCUT2D eigenvalue weighted by molar-refractivity contribution is -0.196. The van der Waals surface area contributed by atoms with E-state index >= 15 is 0 Å². The van der Waals surface area contributed by atoms with Gasteiger partial charge in [0.2, 0.25) is 12.7 Å². The number of halogens is 2. The van der Waals surface area contributed by atoms with Crippen LogP contribution in [0.5, 0.6) is 0 Å². The zero-order valence-corrected chi connectivity index (χ0v) is 14.1. The molecule has 9 heteroatoms. The molecule has 0 bridgehead atoms. The largest absolute Gasteiger partial charge is 0.459 e. The van der Waals surface area contributed by atoms with E-state index in [1.54, 1.807) is 18.2 Å². The smallest absolute Gasteiger partial charge is 0.338 e. The molecule has 1 fully saturated rings. The highest BCUT2D eigenvalue weighted by atomic mass is 19.3. The molecule has 0 aliphatic carbocycles. The minimum absolute atomic E-state index is 0.243. The lowest BCUT2D eigenvalue weighted by atomic mass is 9.99. The Bertz CT molecular complexity index is 650. The summed E-state index contributed by atoms with van der Waals surface area (Å²) in [7, 11) is 0. The van der Waals surface area contributed by atoms with Crippen LogP contribution in [-0.2, 0) is 28.5 Å². The lowest BCUT2D eigenvalue weighted by Gasteiger charge is -2.22. The molecule has 142 valence electrons. The number of carbonyl (C=O) groups excluding carboxylic acids is 3. The number of benzene rings is 1.